The first-order valence-electron chi connectivity index (χ1n) is 7.71. The zero-order chi connectivity index (χ0) is 15.1. The van der Waals surface area contributed by atoms with Gasteiger partial charge in [0.25, 0.3) is 0 Å². The van der Waals surface area contributed by atoms with E-state index in [1.165, 1.54) is 0 Å². The summed E-state index contributed by atoms with van der Waals surface area (Å²) in [6.45, 7) is 0.463. The maximum absolute atomic E-state index is 12.8. The molecule has 2 aliphatic heterocycles. The van der Waals surface area contributed by atoms with Crippen LogP contribution in [0.25, 0.3) is 0 Å². The molecule has 7 heteroatoms. The Morgan fingerprint density at radius 3 is 2.52 bits per heavy atom. The molecular weight excluding hydrogens is 292 g/mol. The standard InChI is InChI=1S/C14H22N2O4S/c17-12-9-16(8-11-4-7-21(19,20)10-11)13(18)14(15-12)5-2-1-3-6-14/h11H,1-10H2,(H,15,17). The average Bonchev–Trinajstić information content (AvgIpc) is 2.76. The van der Waals surface area contributed by atoms with E-state index in [0.717, 1.165) is 19.3 Å². The van der Waals surface area contributed by atoms with Crippen molar-refractivity contribution in [1.82, 2.24) is 10.2 Å². The van der Waals surface area contributed by atoms with Gasteiger partial charge in [-0.1, -0.05) is 19.3 Å². The Kier molecular flexibility index (Phi) is 3.71. The van der Waals surface area contributed by atoms with Crippen molar-refractivity contribution in [3.63, 3.8) is 0 Å². The number of amides is 2. The highest BCUT2D eigenvalue weighted by atomic mass is 32.2. The van der Waals surface area contributed by atoms with Crippen molar-refractivity contribution < 1.29 is 18.0 Å². The van der Waals surface area contributed by atoms with Crippen LogP contribution in [0.1, 0.15) is 38.5 Å². The van der Waals surface area contributed by atoms with Crippen LogP contribution >= 0.6 is 0 Å². The van der Waals surface area contributed by atoms with Crippen LogP contribution in [0.4, 0.5) is 0 Å². The molecule has 2 amide bonds. The van der Waals surface area contributed by atoms with Crippen LogP contribution in [0, 0.1) is 5.92 Å². The lowest BCUT2D eigenvalue weighted by Crippen LogP contribution is -2.67. The highest BCUT2D eigenvalue weighted by Gasteiger charge is 2.47. The number of piperazine rings is 1. The number of carbonyl (C=O) groups excluding carboxylic acids is 2. The summed E-state index contributed by atoms with van der Waals surface area (Å²) in [4.78, 5) is 26.3. The van der Waals surface area contributed by atoms with E-state index in [1.807, 2.05) is 0 Å². The molecular formula is C14H22N2O4S. The van der Waals surface area contributed by atoms with Crippen molar-refractivity contribution in [3.8, 4) is 0 Å². The largest absolute Gasteiger partial charge is 0.340 e. The van der Waals surface area contributed by atoms with Crippen molar-refractivity contribution in [2.24, 2.45) is 5.92 Å². The van der Waals surface area contributed by atoms with E-state index in [-0.39, 0.29) is 35.8 Å². The summed E-state index contributed by atoms with van der Waals surface area (Å²) in [6.07, 6.45) is 5.02. The van der Waals surface area contributed by atoms with Gasteiger partial charge in [-0.3, -0.25) is 9.59 Å². The van der Waals surface area contributed by atoms with Crippen molar-refractivity contribution in [3.05, 3.63) is 0 Å². The Morgan fingerprint density at radius 2 is 1.90 bits per heavy atom. The van der Waals surface area contributed by atoms with Gasteiger partial charge in [0.15, 0.2) is 9.84 Å². The lowest BCUT2D eigenvalue weighted by atomic mass is 9.79. The van der Waals surface area contributed by atoms with Crippen LogP contribution in [0.3, 0.4) is 0 Å². The van der Waals surface area contributed by atoms with Crippen LogP contribution in [-0.4, -0.2) is 55.3 Å². The first-order chi connectivity index (χ1) is 9.90. The zero-order valence-corrected chi connectivity index (χ0v) is 13.0. The SMILES string of the molecule is O=C1CN(CC2CCS(=O)(=O)C2)C(=O)C2(CCCCC2)N1. The predicted molar refractivity (Wildman–Crippen MR) is 77.3 cm³/mol. The third kappa shape index (κ3) is 2.93. The summed E-state index contributed by atoms with van der Waals surface area (Å²) in [5, 5.41) is 2.90. The minimum atomic E-state index is -2.95. The van der Waals surface area contributed by atoms with Crippen molar-refractivity contribution in [2.75, 3.05) is 24.6 Å². The number of hydrogen-bond acceptors (Lipinski definition) is 4. The second-order valence-corrected chi connectivity index (χ2v) is 8.87. The van der Waals surface area contributed by atoms with E-state index < -0.39 is 15.4 Å². The van der Waals surface area contributed by atoms with Gasteiger partial charge in [0.2, 0.25) is 11.8 Å². The number of hydrogen-bond donors (Lipinski definition) is 1. The van der Waals surface area contributed by atoms with E-state index in [9.17, 15) is 18.0 Å². The molecule has 21 heavy (non-hydrogen) atoms. The van der Waals surface area contributed by atoms with Gasteiger partial charge in [0.05, 0.1) is 18.1 Å². The quantitative estimate of drug-likeness (QED) is 0.782. The van der Waals surface area contributed by atoms with Crippen LogP contribution in [0.5, 0.6) is 0 Å². The lowest BCUT2D eigenvalue weighted by molar-refractivity contribution is -0.152. The van der Waals surface area contributed by atoms with Gasteiger partial charge in [0, 0.05) is 6.54 Å². The smallest absolute Gasteiger partial charge is 0.248 e. The first kappa shape index (κ1) is 14.8. The Hall–Kier alpha value is -1.11. The van der Waals surface area contributed by atoms with Crippen molar-refractivity contribution in [2.45, 2.75) is 44.1 Å². The Labute approximate surface area is 125 Å². The van der Waals surface area contributed by atoms with Crippen LogP contribution in [0.15, 0.2) is 0 Å². The molecule has 3 aliphatic rings. The summed E-state index contributed by atoms with van der Waals surface area (Å²) >= 11 is 0. The molecule has 1 aliphatic carbocycles. The van der Waals surface area contributed by atoms with Crippen LogP contribution in [-0.2, 0) is 19.4 Å². The predicted octanol–water partition coefficient (Wildman–Crippen LogP) is 0.0824. The van der Waals surface area contributed by atoms with E-state index in [4.69, 9.17) is 0 Å². The fourth-order valence-corrected chi connectivity index (χ4v) is 5.73. The topological polar surface area (TPSA) is 83.6 Å². The minimum absolute atomic E-state index is 0.00824. The number of sulfone groups is 1. The molecule has 0 bridgehead atoms. The highest BCUT2D eigenvalue weighted by Crippen LogP contribution is 2.32. The molecule has 118 valence electrons. The molecule has 0 aromatic heterocycles. The van der Waals surface area contributed by atoms with Gasteiger partial charge < -0.3 is 10.2 Å². The van der Waals surface area contributed by atoms with Gasteiger partial charge in [-0.2, -0.15) is 0 Å². The Morgan fingerprint density at radius 1 is 1.19 bits per heavy atom. The summed E-state index contributed by atoms with van der Waals surface area (Å²) in [5.41, 5.74) is -0.717. The van der Waals surface area contributed by atoms with E-state index in [2.05, 4.69) is 5.32 Å². The average molecular weight is 314 g/mol. The van der Waals surface area contributed by atoms with Crippen molar-refractivity contribution in [1.29, 1.82) is 0 Å². The molecule has 1 spiro atoms. The summed E-state index contributed by atoms with van der Waals surface area (Å²) < 4.78 is 23.1. The highest BCUT2D eigenvalue weighted by molar-refractivity contribution is 7.91. The van der Waals surface area contributed by atoms with Gasteiger partial charge in [-0.15, -0.1) is 0 Å². The molecule has 0 aromatic rings. The van der Waals surface area contributed by atoms with Gasteiger partial charge in [-0.25, -0.2) is 8.42 Å². The van der Waals surface area contributed by atoms with Crippen molar-refractivity contribution >= 4 is 21.7 Å². The molecule has 2 heterocycles. The molecule has 0 radical (unpaired) electrons. The summed E-state index contributed by atoms with van der Waals surface area (Å²) in [6, 6.07) is 0. The van der Waals surface area contributed by atoms with E-state index >= 15 is 0 Å². The second kappa shape index (κ2) is 5.26. The third-order valence-electron chi connectivity index (χ3n) is 4.92. The minimum Gasteiger partial charge on any atom is -0.340 e. The molecule has 2 saturated heterocycles. The molecule has 3 fully saturated rings. The Balaban J connectivity index is 1.72. The zero-order valence-electron chi connectivity index (χ0n) is 12.1. The normalized spacial score (nSPS) is 31.4. The van der Waals surface area contributed by atoms with Crippen LogP contribution < -0.4 is 5.32 Å². The molecule has 6 nitrogen and oxygen atoms in total. The van der Waals surface area contributed by atoms with Crippen LogP contribution in [0.2, 0.25) is 0 Å². The number of rotatable bonds is 2. The molecule has 1 unspecified atom stereocenters. The summed E-state index contributed by atoms with van der Waals surface area (Å²) in [5.74, 6) is 0.205. The Bertz CT molecular complexity index is 551. The number of carbonyl (C=O) groups is 2. The van der Waals surface area contributed by atoms with Gasteiger partial charge in [0.1, 0.15) is 5.54 Å². The summed E-state index contributed by atoms with van der Waals surface area (Å²) in [7, 11) is -2.95. The molecule has 1 N–H and O–H groups in total. The number of nitrogens with zero attached hydrogens (tertiary/aromatic N) is 1. The fourth-order valence-electron chi connectivity index (χ4n) is 3.88. The third-order valence-corrected chi connectivity index (χ3v) is 6.76. The fraction of sp³-hybridized carbons (Fsp3) is 0.857. The van der Waals surface area contributed by atoms with Gasteiger partial charge in [-0.05, 0) is 25.2 Å². The molecule has 3 rings (SSSR count). The maximum atomic E-state index is 12.8. The maximum Gasteiger partial charge on any atom is 0.248 e. The number of nitrogens with one attached hydrogen (secondary N) is 1. The second-order valence-electron chi connectivity index (χ2n) is 6.65. The molecule has 1 saturated carbocycles. The van der Waals surface area contributed by atoms with E-state index in [1.54, 1.807) is 4.90 Å². The molecule has 0 aromatic carbocycles. The lowest BCUT2D eigenvalue weighted by Gasteiger charge is -2.44. The van der Waals surface area contributed by atoms with E-state index in [0.29, 0.717) is 25.8 Å². The first-order valence-corrected chi connectivity index (χ1v) is 9.53. The molecule has 1 atom stereocenters. The van der Waals surface area contributed by atoms with Gasteiger partial charge >= 0.3 is 0 Å². The monoisotopic (exact) mass is 314 g/mol.